The first-order valence-electron chi connectivity index (χ1n) is 13.7. The Morgan fingerprint density at radius 3 is 2.31 bits per heavy atom. The minimum atomic E-state index is -0.697. The predicted molar refractivity (Wildman–Crippen MR) is 150 cm³/mol. The van der Waals surface area contributed by atoms with E-state index in [1.165, 1.54) is 25.2 Å². The summed E-state index contributed by atoms with van der Waals surface area (Å²) >= 11 is 0. The summed E-state index contributed by atoms with van der Waals surface area (Å²) in [5, 5.41) is 7.82. The minimum absolute atomic E-state index is 0.0351. The Labute approximate surface area is 231 Å². The zero-order valence-electron chi connectivity index (χ0n) is 24.3. The van der Waals surface area contributed by atoms with Crippen LogP contribution in [0.4, 0.5) is 8.78 Å². The van der Waals surface area contributed by atoms with Gasteiger partial charge in [-0.25, -0.2) is 8.78 Å². The molecule has 1 aliphatic carbocycles. The van der Waals surface area contributed by atoms with Crippen molar-refractivity contribution in [2.75, 3.05) is 52.9 Å². The van der Waals surface area contributed by atoms with Gasteiger partial charge in [0.05, 0.1) is 17.8 Å². The van der Waals surface area contributed by atoms with Crippen molar-refractivity contribution in [3.05, 3.63) is 53.6 Å². The lowest BCUT2D eigenvalue weighted by molar-refractivity contribution is -0.136. The van der Waals surface area contributed by atoms with Crippen molar-refractivity contribution in [3.8, 4) is 0 Å². The molecule has 0 unspecified atom stereocenters. The SMILES string of the molecule is C=C(/C=C(\N=N/C)c1c(F)cccc1F)[C@@H]1CC[C@@](C)(CN(CC)C(=O)CN2CCN(C(C)=O)CC2)C1(C)C. The average Bonchev–Trinajstić information content (AvgIpc) is 3.11. The fraction of sp³-hybridized carbons (Fsp3) is 0.600. The van der Waals surface area contributed by atoms with Crippen LogP contribution in [0.2, 0.25) is 0 Å². The molecule has 1 saturated heterocycles. The Morgan fingerprint density at radius 2 is 1.77 bits per heavy atom. The Hall–Kier alpha value is -2.94. The molecule has 1 aromatic carbocycles. The standard InChI is InChI=1S/C30H43F2N5O2/c1-8-36(27(39)19-35-14-16-37(17-15-35)22(3)38)20-30(6)13-12-23(29(30,4)5)21(2)18-26(34-33-7)28-24(31)10-9-11-25(28)32/h9-11,18,23H,2,8,12-17,19-20H2,1,3-7H3/b26-18-,34-33-/t23-,30-/m0/s1. The van der Waals surface area contributed by atoms with Crippen LogP contribution in [0.5, 0.6) is 0 Å². The largest absolute Gasteiger partial charge is 0.341 e. The molecule has 2 atom stereocenters. The first-order chi connectivity index (χ1) is 18.3. The van der Waals surface area contributed by atoms with Gasteiger partial charge >= 0.3 is 0 Å². The molecule has 0 radical (unpaired) electrons. The topological polar surface area (TPSA) is 68.6 Å². The molecule has 3 rings (SSSR count). The average molecular weight is 544 g/mol. The molecule has 9 heteroatoms. The summed E-state index contributed by atoms with van der Waals surface area (Å²) in [7, 11) is 1.46. The number of carbonyl (C=O) groups excluding carboxylic acids is 2. The molecule has 2 amide bonds. The molecule has 214 valence electrons. The maximum Gasteiger partial charge on any atom is 0.236 e. The van der Waals surface area contributed by atoms with Crippen LogP contribution in [-0.4, -0.2) is 79.4 Å². The molecule has 0 bridgehead atoms. The smallest absolute Gasteiger partial charge is 0.236 e. The summed E-state index contributed by atoms with van der Waals surface area (Å²) in [4.78, 5) is 30.8. The third-order valence-corrected chi connectivity index (χ3v) is 9.06. The summed E-state index contributed by atoms with van der Waals surface area (Å²) in [5.74, 6) is -1.20. The molecule has 1 aromatic rings. The van der Waals surface area contributed by atoms with Crippen LogP contribution >= 0.6 is 0 Å². The van der Waals surface area contributed by atoms with Crippen LogP contribution in [0.3, 0.4) is 0 Å². The number of benzene rings is 1. The molecule has 7 nitrogen and oxygen atoms in total. The van der Waals surface area contributed by atoms with Crippen molar-refractivity contribution in [2.45, 2.75) is 47.5 Å². The maximum atomic E-state index is 14.5. The zero-order valence-corrected chi connectivity index (χ0v) is 24.3. The van der Waals surface area contributed by atoms with E-state index in [9.17, 15) is 18.4 Å². The fourth-order valence-electron chi connectivity index (χ4n) is 6.09. The second-order valence-electron chi connectivity index (χ2n) is 11.6. The van der Waals surface area contributed by atoms with Crippen LogP contribution in [0.25, 0.3) is 5.70 Å². The van der Waals surface area contributed by atoms with Gasteiger partial charge in [0, 0.05) is 53.2 Å². The second kappa shape index (κ2) is 12.5. The van der Waals surface area contributed by atoms with Crippen molar-refractivity contribution in [3.63, 3.8) is 0 Å². The molecule has 39 heavy (non-hydrogen) atoms. The maximum absolute atomic E-state index is 14.5. The Bertz CT molecular complexity index is 1120. The second-order valence-corrected chi connectivity index (χ2v) is 11.6. The van der Waals surface area contributed by atoms with Gasteiger partial charge in [-0.1, -0.05) is 33.4 Å². The summed E-state index contributed by atoms with van der Waals surface area (Å²) in [6.45, 7) is 18.7. The summed E-state index contributed by atoms with van der Waals surface area (Å²) in [6, 6.07) is 3.73. The Balaban J connectivity index is 1.74. The van der Waals surface area contributed by atoms with Crippen LogP contribution in [-0.2, 0) is 9.59 Å². The number of hydrogen-bond acceptors (Lipinski definition) is 5. The number of likely N-dealkylation sites (N-methyl/N-ethyl adjacent to an activating group) is 1. The van der Waals surface area contributed by atoms with E-state index in [1.807, 2.05) is 16.7 Å². The molecule has 0 aromatic heterocycles. The molecular weight excluding hydrogens is 500 g/mol. The zero-order chi connectivity index (χ0) is 29.0. The molecule has 1 saturated carbocycles. The van der Waals surface area contributed by atoms with Gasteiger partial charge in [0.25, 0.3) is 0 Å². The Kier molecular flexibility index (Phi) is 9.80. The van der Waals surface area contributed by atoms with E-state index in [2.05, 4.69) is 42.5 Å². The number of allylic oxidation sites excluding steroid dienone is 2. The first kappa shape index (κ1) is 30.6. The normalized spacial score (nSPS) is 23.8. The van der Waals surface area contributed by atoms with Crippen LogP contribution < -0.4 is 0 Å². The van der Waals surface area contributed by atoms with E-state index in [0.717, 1.165) is 18.4 Å². The number of azo groups is 1. The Morgan fingerprint density at radius 1 is 1.15 bits per heavy atom. The molecule has 1 heterocycles. The number of amides is 2. The van der Waals surface area contributed by atoms with Gasteiger partial charge < -0.3 is 9.80 Å². The highest BCUT2D eigenvalue weighted by molar-refractivity contribution is 5.78. The van der Waals surface area contributed by atoms with E-state index < -0.39 is 11.6 Å². The van der Waals surface area contributed by atoms with Gasteiger partial charge in [0.1, 0.15) is 11.6 Å². The van der Waals surface area contributed by atoms with Gasteiger partial charge in [-0.2, -0.15) is 10.2 Å². The van der Waals surface area contributed by atoms with E-state index in [4.69, 9.17) is 0 Å². The molecule has 0 N–H and O–H groups in total. The fourth-order valence-corrected chi connectivity index (χ4v) is 6.09. The molecular formula is C30H43F2N5O2. The van der Waals surface area contributed by atoms with Crippen molar-refractivity contribution in [1.29, 1.82) is 0 Å². The number of carbonyl (C=O) groups is 2. The number of hydrogen-bond donors (Lipinski definition) is 0. The lowest BCUT2D eigenvalue weighted by atomic mass is 9.64. The highest BCUT2D eigenvalue weighted by atomic mass is 19.1. The number of nitrogens with zero attached hydrogens (tertiary/aromatic N) is 5. The summed E-state index contributed by atoms with van der Waals surface area (Å²) in [5.41, 5.74) is 0.200. The van der Waals surface area contributed by atoms with E-state index in [-0.39, 0.29) is 39.8 Å². The van der Waals surface area contributed by atoms with Crippen LogP contribution in [0.1, 0.15) is 53.0 Å². The lowest BCUT2D eigenvalue weighted by Gasteiger charge is -2.45. The summed E-state index contributed by atoms with van der Waals surface area (Å²) < 4.78 is 29.1. The first-order valence-corrected chi connectivity index (χ1v) is 13.7. The van der Waals surface area contributed by atoms with Crippen molar-refractivity contribution >= 4 is 17.5 Å². The summed E-state index contributed by atoms with van der Waals surface area (Å²) in [6.07, 6.45) is 3.38. The van der Waals surface area contributed by atoms with Crippen LogP contribution in [0.15, 0.2) is 46.7 Å². The quantitative estimate of drug-likeness (QED) is 0.309. The van der Waals surface area contributed by atoms with E-state index in [0.29, 0.717) is 45.8 Å². The van der Waals surface area contributed by atoms with Crippen molar-refractivity contribution in [1.82, 2.24) is 14.7 Å². The highest BCUT2D eigenvalue weighted by Crippen LogP contribution is 2.58. The van der Waals surface area contributed by atoms with Gasteiger partial charge in [-0.15, -0.1) is 0 Å². The lowest BCUT2D eigenvalue weighted by Crippen LogP contribution is -2.52. The van der Waals surface area contributed by atoms with Gasteiger partial charge in [-0.3, -0.25) is 14.5 Å². The third kappa shape index (κ3) is 6.62. The monoisotopic (exact) mass is 543 g/mol. The molecule has 2 fully saturated rings. The van der Waals surface area contributed by atoms with Crippen molar-refractivity contribution < 1.29 is 18.4 Å². The molecule has 2 aliphatic rings. The predicted octanol–water partition coefficient (Wildman–Crippen LogP) is 5.40. The third-order valence-electron chi connectivity index (χ3n) is 9.06. The molecule has 0 spiro atoms. The molecule has 1 aliphatic heterocycles. The highest BCUT2D eigenvalue weighted by Gasteiger charge is 2.52. The number of halogens is 2. The van der Waals surface area contributed by atoms with Gasteiger partial charge in [-0.05, 0) is 60.3 Å². The van der Waals surface area contributed by atoms with Gasteiger partial charge in [0.2, 0.25) is 11.8 Å². The number of rotatable bonds is 9. The van der Waals surface area contributed by atoms with E-state index in [1.54, 1.807) is 13.0 Å². The minimum Gasteiger partial charge on any atom is -0.341 e. The van der Waals surface area contributed by atoms with Crippen LogP contribution in [0, 0.1) is 28.4 Å². The van der Waals surface area contributed by atoms with Gasteiger partial charge in [0.15, 0.2) is 0 Å². The number of piperazine rings is 1. The van der Waals surface area contributed by atoms with E-state index >= 15 is 0 Å². The van der Waals surface area contributed by atoms with Crippen molar-refractivity contribution in [2.24, 2.45) is 27.0 Å².